The SMILES string of the molecule is CC(=O)Nc1ccccc1OC(Cl)Cl. The van der Waals surface area contributed by atoms with Crippen LogP contribution < -0.4 is 10.1 Å². The van der Waals surface area contributed by atoms with E-state index in [-0.39, 0.29) is 5.91 Å². The van der Waals surface area contributed by atoms with Crippen LogP contribution >= 0.6 is 23.2 Å². The van der Waals surface area contributed by atoms with E-state index in [9.17, 15) is 4.79 Å². The standard InChI is InChI=1S/C9H9Cl2NO2/c1-6(13)12-7-4-2-3-5-8(7)14-9(10)11/h2-5,9H,1H3,(H,12,13). The van der Waals surface area contributed by atoms with Gasteiger partial charge in [-0.2, -0.15) is 0 Å². The van der Waals surface area contributed by atoms with E-state index in [2.05, 4.69) is 5.32 Å². The second kappa shape index (κ2) is 5.08. The lowest BCUT2D eigenvalue weighted by molar-refractivity contribution is -0.114. The molecule has 1 aromatic carbocycles. The van der Waals surface area contributed by atoms with Crippen LogP contribution in [0.25, 0.3) is 0 Å². The topological polar surface area (TPSA) is 38.3 Å². The molecule has 1 N–H and O–H groups in total. The molecule has 0 heterocycles. The van der Waals surface area contributed by atoms with E-state index in [0.29, 0.717) is 11.4 Å². The molecule has 0 atom stereocenters. The van der Waals surface area contributed by atoms with Crippen LogP contribution in [-0.2, 0) is 4.79 Å². The number of hydrogen-bond acceptors (Lipinski definition) is 2. The molecule has 0 radical (unpaired) electrons. The third-order valence-electron chi connectivity index (χ3n) is 1.41. The molecule has 1 amide bonds. The van der Waals surface area contributed by atoms with Crippen molar-refractivity contribution in [3.8, 4) is 5.75 Å². The molecule has 0 aliphatic carbocycles. The van der Waals surface area contributed by atoms with E-state index in [4.69, 9.17) is 27.9 Å². The minimum atomic E-state index is -0.954. The first kappa shape index (κ1) is 11.1. The van der Waals surface area contributed by atoms with Crippen LogP contribution in [0.5, 0.6) is 5.75 Å². The molecule has 1 rings (SSSR count). The number of nitrogens with one attached hydrogen (secondary N) is 1. The van der Waals surface area contributed by atoms with Crippen molar-refractivity contribution in [3.05, 3.63) is 24.3 Å². The van der Waals surface area contributed by atoms with Gasteiger partial charge in [0, 0.05) is 6.92 Å². The minimum Gasteiger partial charge on any atom is -0.459 e. The normalized spacial score (nSPS) is 10.0. The molecule has 0 aliphatic heterocycles. The first-order valence-electron chi connectivity index (χ1n) is 3.91. The highest BCUT2D eigenvalue weighted by Gasteiger charge is 2.07. The third-order valence-corrected chi connectivity index (χ3v) is 1.59. The summed E-state index contributed by atoms with van der Waals surface area (Å²) >= 11 is 10.9. The molecule has 0 bridgehead atoms. The van der Waals surface area contributed by atoms with Crippen molar-refractivity contribution in [2.24, 2.45) is 0 Å². The highest BCUT2D eigenvalue weighted by molar-refractivity contribution is 6.43. The quantitative estimate of drug-likeness (QED) is 0.816. The van der Waals surface area contributed by atoms with E-state index in [0.717, 1.165) is 0 Å². The summed E-state index contributed by atoms with van der Waals surface area (Å²) in [4.78, 5) is 10.8. The molecule has 0 saturated heterocycles. The molecule has 14 heavy (non-hydrogen) atoms. The lowest BCUT2D eigenvalue weighted by atomic mass is 10.3. The second-order valence-electron chi connectivity index (χ2n) is 2.56. The molecular weight excluding hydrogens is 225 g/mol. The summed E-state index contributed by atoms with van der Waals surface area (Å²) in [5.74, 6) is 0.263. The summed E-state index contributed by atoms with van der Waals surface area (Å²) in [7, 11) is 0. The summed E-state index contributed by atoms with van der Waals surface area (Å²) < 4.78 is 5.06. The fraction of sp³-hybridized carbons (Fsp3) is 0.222. The van der Waals surface area contributed by atoms with Gasteiger partial charge in [-0.15, -0.1) is 0 Å². The van der Waals surface area contributed by atoms with E-state index < -0.39 is 5.02 Å². The zero-order valence-corrected chi connectivity index (χ0v) is 8.97. The Bertz CT molecular complexity index is 328. The number of ether oxygens (including phenoxy) is 1. The van der Waals surface area contributed by atoms with Gasteiger partial charge in [-0.25, -0.2) is 0 Å². The Hall–Kier alpha value is -0.930. The van der Waals surface area contributed by atoms with Crippen LogP contribution in [-0.4, -0.2) is 10.9 Å². The van der Waals surface area contributed by atoms with Gasteiger partial charge in [0.05, 0.1) is 5.69 Å². The van der Waals surface area contributed by atoms with Crippen molar-refractivity contribution < 1.29 is 9.53 Å². The highest BCUT2D eigenvalue weighted by atomic mass is 35.5. The molecule has 0 aliphatic rings. The largest absolute Gasteiger partial charge is 0.459 e. The van der Waals surface area contributed by atoms with Gasteiger partial charge in [0.1, 0.15) is 5.75 Å². The lowest BCUT2D eigenvalue weighted by Gasteiger charge is -2.11. The van der Waals surface area contributed by atoms with Gasteiger partial charge in [0.25, 0.3) is 0 Å². The Morgan fingerprint density at radius 3 is 2.64 bits per heavy atom. The summed E-state index contributed by atoms with van der Waals surface area (Å²) in [6.45, 7) is 1.41. The van der Waals surface area contributed by atoms with Gasteiger partial charge < -0.3 is 10.1 Å². The molecule has 0 saturated carbocycles. The molecule has 0 unspecified atom stereocenters. The summed E-state index contributed by atoms with van der Waals surface area (Å²) in [5, 5.41) is 1.64. The molecular formula is C9H9Cl2NO2. The Morgan fingerprint density at radius 1 is 1.43 bits per heavy atom. The molecule has 0 fully saturated rings. The molecule has 0 aromatic heterocycles. The van der Waals surface area contributed by atoms with Crippen molar-refractivity contribution in [2.75, 3.05) is 5.32 Å². The Kier molecular flexibility index (Phi) is 4.04. The van der Waals surface area contributed by atoms with Gasteiger partial charge in [-0.05, 0) is 12.1 Å². The van der Waals surface area contributed by atoms with Crippen molar-refractivity contribution in [3.63, 3.8) is 0 Å². The average molecular weight is 234 g/mol. The monoisotopic (exact) mass is 233 g/mol. The first-order chi connectivity index (χ1) is 6.59. The van der Waals surface area contributed by atoms with Crippen molar-refractivity contribution in [2.45, 2.75) is 11.9 Å². The smallest absolute Gasteiger partial charge is 0.247 e. The van der Waals surface area contributed by atoms with E-state index >= 15 is 0 Å². The fourth-order valence-corrected chi connectivity index (χ4v) is 1.15. The second-order valence-corrected chi connectivity index (χ2v) is 3.57. The van der Waals surface area contributed by atoms with Crippen LogP contribution in [0, 0.1) is 0 Å². The van der Waals surface area contributed by atoms with Crippen molar-refractivity contribution in [1.29, 1.82) is 0 Å². The predicted octanol–water partition coefficient (Wildman–Crippen LogP) is 2.79. The maximum Gasteiger partial charge on any atom is 0.247 e. The van der Waals surface area contributed by atoms with Gasteiger partial charge in [-0.3, -0.25) is 4.79 Å². The van der Waals surface area contributed by atoms with Crippen LogP contribution in [0.2, 0.25) is 0 Å². The van der Waals surface area contributed by atoms with Crippen LogP contribution in [0.4, 0.5) is 5.69 Å². The number of benzene rings is 1. The molecule has 1 aromatic rings. The van der Waals surface area contributed by atoms with E-state index in [1.165, 1.54) is 6.92 Å². The van der Waals surface area contributed by atoms with Crippen LogP contribution in [0.3, 0.4) is 0 Å². The maximum absolute atomic E-state index is 10.8. The number of carbonyl (C=O) groups excluding carboxylic acids is 1. The van der Waals surface area contributed by atoms with Crippen LogP contribution in [0.1, 0.15) is 6.92 Å². The molecule has 3 nitrogen and oxygen atoms in total. The zero-order chi connectivity index (χ0) is 10.6. The lowest BCUT2D eigenvalue weighted by Crippen LogP contribution is -2.09. The van der Waals surface area contributed by atoms with E-state index in [1.807, 2.05) is 0 Å². The molecule has 5 heteroatoms. The van der Waals surface area contributed by atoms with Crippen LogP contribution in [0.15, 0.2) is 24.3 Å². The van der Waals surface area contributed by atoms with E-state index in [1.54, 1.807) is 24.3 Å². The zero-order valence-electron chi connectivity index (χ0n) is 7.46. The van der Waals surface area contributed by atoms with Gasteiger partial charge >= 0.3 is 0 Å². The van der Waals surface area contributed by atoms with Gasteiger partial charge in [0.2, 0.25) is 10.9 Å². The average Bonchev–Trinajstić information content (AvgIpc) is 2.06. The first-order valence-corrected chi connectivity index (χ1v) is 4.78. The maximum atomic E-state index is 10.8. The Balaban J connectivity index is 2.85. The number of rotatable bonds is 3. The number of carbonyl (C=O) groups is 1. The van der Waals surface area contributed by atoms with Crippen molar-refractivity contribution >= 4 is 34.8 Å². The highest BCUT2D eigenvalue weighted by Crippen LogP contribution is 2.26. The molecule has 0 spiro atoms. The number of hydrogen-bond donors (Lipinski definition) is 1. The number of amides is 1. The summed E-state index contributed by atoms with van der Waals surface area (Å²) in [6, 6.07) is 6.91. The van der Waals surface area contributed by atoms with Gasteiger partial charge in [0.15, 0.2) is 0 Å². The number of halogens is 2. The third kappa shape index (κ3) is 3.44. The fourth-order valence-electron chi connectivity index (χ4n) is 0.958. The Morgan fingerprint density at radius 2 is 2.07 bits per heavy atom. The summed E-state index contributed by atoms with van der Waals surface area (Å²) in [5.41, 5.74) is 0.548. The Labute approximate surface area is 92.0 Å². The molecule has 76 valence electrons. The van der Waals surface area contributed by atoms with Gasteiger partial charge in [-0.1, -0.05) is 35.3 Å². The number of para-hydroxylation sites is 2. The minimum absolute atomic E-state index is 0.179. The number of anilines is 1. The predicted molar refractivity (Wildman–Crippen MR) is 56.9 cm³/mol. The van der Waals surface area contributed by atoms with Crippen molar-refractivity contribution in [1.82, 2.24) is 0 Å². The summed E-state index contributed by atoms with van der Waals surface area (Å²) in [6.07, 6.45) is 0. The number of alkyl halides is 2.